The van der Waals surface area contributed by atoms with Crippen LogP contribution in [-0.2, 0) is 0 Å². The Morgan fingerprint density at radius 1 is 1.29 bits per heavy atom. The Bertz CT molecular complexity index is 559. The highest BCUT2D eigenvalue weighted by molar-refractivity contribution is 9.10. The van der Waals surface area contributed by atoms with Crippen LogP contribution in [-0.4, -0.2) is 9.97 Å². The van der Waals surface area contributed by atoms with E-state index in [1.165, 1.54) is 6.20 Å². The minimum Gasteiger partial charge on any atom is -0.381 e. The molecule has 0 fully saturated rings. The minimum atomic E-state index is 0.344. The number of anilines is 3. The summed E-state index contributed by atoms with van der Waals surface area (Å²) in [6.07, 6.45) is 3.11. The van der Waals surface area contributed by atoms with Crippen molar-refractivity contribution in [3.05, 3.63) is 39.6 Å². The number of benzene rings is 1. The lowest BCUT2D eigenvalue weighted by atomic mass is 10.2. The van der Waals surface area contributed by atoms with Crippen molar-refractivity contribution in [2.45, 2.75) is 6.92 Å². The van der Waals surface area contributed by atoms with Crippen molar-refractivity contribution in [2.24, 2.45) is 0 Å². The van der Waals surface area contributed by atoms with Gasteiger partial charge in [-0.3, -0.25) is 0 Å². The first-order chi connectivity index (χ1) is 8.08. The smallest absolute Gasteiger partial charge is 0.173 e. The van der Waals surface area contributed by atoms with Crippen molar-refractivity contribution in [1.82, 2.24) is 9.97 Å². The van der Waals surface area contributed by atoms with Crippen LogP contribution in [0.2, 0.25) is 5.02 Å². The molecular formula is C11H10BrClN4. The molecule has 0 spiro atoms. The van der Waals surface area contributed by atoms with Crippen LogP contribution in [0.4, 0.5) is 17.3 Å². The fourth-order valence-electron chi connectivity index (χ4n) is 1.31. The van der Waals surface area contributed by atoms with Crippen LogP contribution in [0.25, 0.3) is 0 Å². The molecule has 0 aliphatic carbocycles. The number of aromatic nitrogens is 2. The zero-order valence-corrected chi connectivity index (χ0v) is 11.4. The zero-order chi connectivity index (χ0) is 12.4. The van der Waals surface area contributed by atoms with E-state index in [9.17, 15) is 0 Å². The van der Waals surface area contributed by atoms with Crippen LogP contribution in [0.3, 0.4) is 0 Å². The maximum Gasteiger partial charge on any atom is 0.173 e. The molecule has 0 amide bonds. The number of hydrogen-bond donors (Lipinski definition) is 2. The predicted molar refractivity (Wildman–Crippen MR) is 73.6 cm³/mol. The summed E-state index contributed by atoms with van der Waals surface area (Å²) in [4.78, 5) is 8.05. The van der Waals surface area contributed by atoms with Crippen LogP contribution in [0.5, 0.6) is 0 Å². The van der Waals surface area contributed by atoms with Crippen molar-refractivity contribution in [1.29, 1.82) is 0 Å². The third-order valence-corrected chi connectivity index (χ3v) is 3.29. The largest absolute Gasteiger partial charge is 0.381 e. The first-order valence-corrected chi connectivity index (χ1v) is 6.04. The molecule has 17 heavy (non-hydrogen) atoms. The molecule has 4 nitrogen and oxygen atoms in total. The quantitative estimate of drug-likeness (QED) is 0.890. The summed E-state index contributed by atoms with van der Waals surface area (Å²) in [5.74, 6) is 0.851. The second-order valence-electron chi connectivity index (χ2n) is 3.50. The third-order valence-electron chi connectivity index (χ3n) is 2.23. The summed E-state index contributed by atoms with van der Waals surface area (Å²) in [5, 5.41) is 3.76. The molecule has 3 N–H and O–H groups in total. The van der Waals surface area contributed by atoms with Crippen molar-refractivity contribution < 1.29 is 0 Å². The topological polar surface area (TPSA) is 63.8 Å². The lowest BCUT2D eigenvalue weighted by molar-refractivity contribution is 1.21. The molecule has 0 aliphatic heterocycles. The molecule has 0 unspecified atom stereocenters. The molecule has 88 valence electrons. The van der Waals surface area contributed by atoms with Crippen molar-refractivity contribution in [2.75, 3.05) is 11.1 Å². The number of rotatable bonds is 2. The van der Waals surface area contributed by atoms with E-state index in [1.54, 1.807) is 6.20 Å². The second-order valence-corrected chi connectivity index (χ2v) is 4.76. The van der Waals surface area contributed by atoms with E-state index >= 15 is 0 Å². The fraction of sp³-hybridized carbons (Fsp3) is 0.0909. The first-order valence-electron chi connectivity index (χ1n) is 4.87. The molecule has 0 aliphatic rings. The van der Waals surface area contributed by atoms with Gasteiger partial charge >= 0.3 is 0 Å². The summed E-state index contributed by atoms with van der Waals surface area (Å²) in [5.41, 5.74) is 7.50. The van der Waals surface area contributed by atoms with E-state index < -0.39 is 0 Å². The molecule has 0 saturated heterocycles. The number of nitrogens with two attached hydrogens (primary N) is 1. The van der Waals surface area contributed by atoms with Gasteiger partial charge in [0.15, 0.2) is 11.6 Å². The number of nitrogen functional groups attached to an aromatic ring is 1. The molecule has 1 aromatic heterocycles. The van der Waals surface area contributed by atoms with Gasteiger partial charge in [-0.05, 0) is 40.5 Å². The second kappa shape index (κ2) is 4.89. The van der Waals surface area contributed by atoms with Gasteiger partial charge in [0.05, 0.1) is 5.69 Å². The highest BCUT2D eigenvalue weighted by Gasteiger charge is 2.07. The van der Waals surface area contributed by atoms with E-state index in [0.29, 0.717) is 16.7 Å². The van der Waals surface area contributed by atoms with Crippen LogP contribution in [0.1, 0.15) is 5.56 Å². The number of aryl methyl sites for hydroxylation is 1. The Morgan fingerprint density at radius 2 is 2.00 bits per heavy atom. The highest BCUT2D eigenvalue weighted by atomic mass is 79.9. The van der Waals surface area contributed by atoms with E-state index in [1.807, 2.05) is 19.1 Å². The minimum absolute atomic E-state index is 0.344. The van der Waals surface area contributed by atoms with Crippen molar-refractivity contribution >= 4 is 44.9 Å². The summed E-state index contributed by atoms with van der Waals surface area (Å²) in [7, 11) is 0. The van der Waals surface area contributed by atoms with Gasteiger partial charge in [0.1, 0.15) is 0 Å². The maximum absolute atomic E-state index is 6.06. The Kier molecular flexibility index (Phi) is 3.49. The number of nitrogens with zero attached hydrogens (tertiary/aromatic N) is 2. The molecule has 2 aromatic rings. The van der Waals surface area contributed by atoms with Crippen molar-refractivity contribution in [3.63, 3.8) is 0 Å². The van der Waals surface area contributed by atoms with E-state index in [0.717, 1.165) is 15.7 Å². The lowest BCUT2D eigenvalue weighted by Crippen LogP contribution is -2.01. The summed E-state index contributed by atoms with van der Waals surface area (Å²) in [6.45, 7) is 1.94. The molecule has 1 heterocycles. The zero-order valence-electron chi connectivity index (χ0n) is 9.04. The van der Waals surface area contributed by atoms with E-state index in [2.05, 4.69) is 31.2 Å². The molecule has 2 rings (SSSR count). The van der Waals surface area contributed by atoms with Gasteiger partial charge in [-0.1, -0.05) is 11.6 Å². The standard InChI is InChI=1S/C11H10BrClN4/c1-6-4-7(12)9(5-8(6)13)17-11-10(14)15-2-3-16-11/h2-5H,1H3,(H2,14,15)(H,16,17). The number of nitrogens with one attached hydrogen (secondary N) is 1. The molecule has 0 atom stereocenters. The normalized spacial score (nSPS) is 10.3. The molecule has 0 radical (unpaired) electrons. The summed E-state index contributed by atoms with van der Waals surface area (Å²) in [6, 6.07) is 3.74. The van der Waals surface area contributed by atoms with Gasteiger partial charge in [-0.25, -0.2) is 9.97 Å². The third kappa shape index (κ3) is 2.68. The molecule has 0 saturated carbocycles. The summed E-state index contributed by atoms with van der Waals surface area (Å²) >= 11 is 9.52. The Balaban J connectivity index is 2.37. The number of halogens is 2. The summed E-state index contributed by atoms with van der Waals surface area (Å²) < 4.78 is 0.893. The SMILES string of the molecule is Cc1cc(Br)c(Nc2nccnc2N)cc1Cl. The highest BCUT2D eigenvalue weighted by Crippen LogP contribution is 2.31. The van der Waals surface area contributed by atoms with Gasteiger partial charge in [-0.15, -0.1) is 0 Å². The first kappa shape index (κ1) is 12.1. The monoisotopic (exact) mass is 312 g/mol. The van der Waals surface area contributed by atoms with Crippen LogP contribution >= 0.6 is 27.5 Å². The number of hydrogen-bond acceptors (Lipinski definition) is 4. The van der Waals surface area contributed by atoms with Crippen molar-refractivity contribution in [3.8, 4) is 0 Å². The van der Waals surface area contributed by atoms with Gasteiger partial charge in [0.2, 0.25) is 0 Å². The molecular weight excluding hydrogens is 304 g/mol. The Labute approximate surface area is 112 Å². The fourth-order valence-corrected chi connectivity index (χ4v) is 2.04. The van der Waals surface area contributed by atoms with Crippen LogP contribution in [0, 0.1) is 6.92 Å². The molecule has 1 aromatic carbocycles. The average molecular weight is 314 g/mol. The predicted octanol–water partition coefficient (Wildman–Crippen LogP) is 3.53. The van der Waals surface area contributed by atoms with Crippen LogP contribution < -0.4 is 11.1 Å². The Morgan fingerprint density at radius 3 is 2.71 bits per heavy atom. The van der Waals surface area contributed by atoms with E-state index in [-0.39, 0.29) is 0 Å². The van der Waals surface area contributed by atoms with Gasteiger partial charge in [0.25, 0.3) is 0 Å². The van der Waals surface area contributed by atoms with Crippen LogP contribution in [0.15, 0.2) is 29.0 Å². The van der Waals surface area contributed by atoms with Gasteiger partial charge in [-0.2, -0.15) is 0 Å². The molecule has 0 bridgehead atoms. The van der Waals surface area contributed by atoms with Gasteiger partial charge < -0.3 is 11.1 Å². The van der Waals surface area contributed by atoms with Gasteiger partial charge in [0, 0.05) is 21.9 Å². The molecule has 6 heteroatoms. The maximum atomic E-state index is 6.06. The lowest BCUT2D eigenvalue weighted by Gasteiger charge is -2.10. The van der Waals surface area contributed by atoms with E-state index in [4.69, 9.17) is 17.3 Å². The Hall–Kier alpha value is -1.33. The average Bonchev–Trinajstić information content (AvgIpc) is 2.29.